The van der Waals surface area contributed by atoms with Gasteiger partial charge in [0.05, 0.1) is 5.52 Å². The van der Waals surface area contributed by atoms with Crippen molar-refractivity contribution in [1.82, 2.24) is 15.0 Å². The molecule has 4 rings (SSSR count). The number of rotatable bonds is 2. The zero-order valence-electron chi connectivity index (χ0n) is 11.4. The predicted molar refractivity (Wildman–Crippen MR) is 80.0 cm³/mol. The number of aromatic amines is 1. The number of hydrogen-bond donors (Lipinski definition) is 2. The second-order valence-electron chi connectivity index (χ2n) is 5.38. The maximum Gasteiger partial charge on any atom is 0.177 e. The number of benzene rings is 1. The van der Waals surface area contributed by atoms with Crippen LogP contribution in [0.3, 0.4) is 0 Å². The molecule has 4 nitrogen and oxygen atoms in total. The van der Waals surface area contributed by atoms with Gasteiger partial charge in [-0.05, 0) is 30.2 Å². The Labute approximate surface area is 117 Å². The molecular weight excluding hydrogens is 248 g/mol. The van der Waals surface area contributed by atoms with Gasteiger partial charge in [-0.1, -0.05) is 18.2 Å². The second-order valence-corrected chi connectivity index (χ2v) is 5.38. The summed E-state index contributed by atoms with van der Waals surface area (Å²) < 4.78 is 0. The quantitative estimate of drug-likeness (QED) is 0.748. The first-order valence-electron chi connectivity index (χ1n) is 6.94. The Bertz CT molecular complexity index is 775. The van der Waals surface area contributed by atoms with Gasteiger partial charge in [0.2, 0.25) is 0 Å². The molecule has 0 amide bonds. The molecule has 0 bridgehead atoms. The van der Waals surface area contributed by atoms with Gasteiger partial charge in [0, 0.05) is 30.8 Å². The predicted octanol–water partition coefficient (Wildman–Crippen LogP) is 3.02. The molecule has 2 aromatic heterocycles. The van der Waals surface area contributed by atoms with Crippen molar-refractivity contribution in [3.63, 3.8) is 0 Å². The molecule has 0 spiro atoms. The summed E-state index contributed by atoms with van der Waals surface area (Å²) in [4.78, 5) is 12.4. The minimum atomic E-state index is 0.479. The highest BCUT2D eigenvalue weighted by Crippen LogP contribution is 2.33. The summed E-state index contributed by atoms with van der Waals surface area (Å²) in [7, 11) is 0. The van der Waals surface area contributed by atoms with Crippen LogP contribution >= 0.6 is 0 Å². The van der Waals surface area contributed by atoms with E-state index in [2.05, 4.69) is 51.5 Å². The lowest BCUT2D eigenvalue weighted by molar-refractivity contribution is 0.723. The first-order chi connectivity index (χ1) is 9.81. The highest BCUT2D eigenvalue weighted by Gasteiger charge is 2.23. The first kappa shape index (κ1) is 11.5. The number of nitrogens with zero attached hydrogens (tertiary/aromatic N) is 2. The van der Waals surface area contributed by atoms with Gasteiger partial charge < -0.3 is 10.3 Å². The lowest BCUT2D eigenvalue weighted by atomic mass is 9.98. The smallest absolute Gasteiger partial charge is 0.177 e. The maximum atomic E-state index is 4.62. The molecule has 3 aromatic rings. The van der Waals surface area contributed by atoms with Crippen LogP contribution in [0.2, 0.25) is 0 Å². The highest BCUT2D eigenvalue weighted by molar-refractivity contribution is 5.74. The van der Waals surface area contributed by atoms with E-state index in [-0.39, 0.29) is 0 Å². The summed E-state index contributed by atoms with van der Waals surface area (Å²) >= 11 is 0. The number of anilines is 1. The van der Waals surface area contributed by atoms with Gasteiger partial charge in [-0.25, -0.2) is 9.97 Å². The Morgan fingerprint density at radius 1 is 1.25 bits per heavy atom. The van der Waals surface area contributed by atoms with Crippen molar-refractivity contribution < 1.29 is 0 Å². The summed E-state index contributed by atoms with van der Waals surface area (Å²) in [5.74, 6) is 1.50. The van der Waals surface area contributed by atoms with Gasteiger partial charge in [0.25, 0.3) is 0 Å². The molecule has 0 aliphatic carbocycles. The van der Waals surface area contributed by atoms with Crippen molar-refractivity contribution in [1.29, 1.82) is 0 Å². The number of para-hydroxylation sites is 1. The molecule has 0 saturated heterocycles. The van der Waals surface area contributed by atoms with Crippen LogP contribution in [0.15, 0.2) is 36.5 Å². The van der Waals surface area contributed by atoms with Crippen LogP contribution in [-0.4, -0.2) is 21.5 Å². The third-order valence-electron chi connectivity index (χ3n) is 4.03. The van der Waals surface area contributed by atoms with Gasteiger partial charge in [-0.15, -0.1) is 0 Å². The van der Waals surface area contributed by atoms with Crippen LogP contribution in [-0.2, 0) is 6.42 Å². The average molecular weight is 264 g/mol. The van der Waals surface area contributed by atoms with Gasteiger partial charge in [0.15, 0.2) is 5.65 Å². The molecule has 100 valence electrons. The summed E-state index contributed by atoms with van der Waals surface area (Å²) in [6.07, 6.45) is 2.73. The van der Waals surface area contributed by atoms with Crippen molar-refractivity contribution in [3.05, 3.63) is 53.5 Å². The summed E-state index contributed by atoms with van der Waals surface area (Å²) in [5.41, 5.74) is 5.71. The molecule has 0 saturated carbocycles. The van der Waals surface area contributed by atoms with Crippen molar-refractivity contribution >= 4 is 16.9 Å². The average Bonchev–Trinajstić information content (AvgIpc) is 3.05. The molecule has 2 N–H and O–H groups in total. The van der Waals surface area contributed by atoms with E-state index in [0.29, 0.717) is 5.92 Å². The Balaban J connectivity index is 1.67. The van der Waals surface area contributed by atoms with E-state index < -0.39 is 0 Å². The minimum Gasteiger partial charge on any atom is -0.384 e. The Hall–Kier alpha value is -2.36. The normalized spacial score (nSPS) is 17.1. The fraction of sp³-hybridized carbons (Fsp3) is 0.250. The van der Waals surface area contributed by atoms with Crippen molar-refractivity contribution in [3.8, 4) is 0 Å². The van der Waals surface area contributed by atoms with Crippen LogP contribution in [0.5, 0.6) is 0 Å². The minimum absolute atomic E-state index is 0.479. The largest absolute Gasteiger partial charge is 0.384 e. The summed E-state index contributed by atoms with van der Waals surface area (Å²) in [6, 6.07) is 10.5. The third-order valence-corrected chi connectivity index (χ3v) is 4.03. The SMILES string of the molecule is Cc1ccnc2nc(CC3CNc4ccccc43)[nH]c12. The molecule has 20 heavy (non-hydrogen) atoms. The number of nitrogens with one attached hydrogen (secondary N) is 2. The molecule has 1 aliphatic heterocycles. The third kappa shape index (κ3) is 1.76. The molecule has 1 atom stereocenters. The van der Waals surface area contributed by atoms with Crippen molar-refractivity contribution in [2.75, 3.05) is 11.9 Å². The molecule has 0 radical (unpaired) electrons. The van der Waals surface area contributed by atoms with Gasteiger partial charge >= 0.3 is 0 Å². The monoisotopic (exact) mass is 264 g/mol. The van der Waals surface area contributed by atoms with Gasteiger partial charge in [-0.3, -0.25) is 0 Å². The van der Waals surface area contributed by atoms with Crippen LogP contribution in [0, 0.1) is 6.92 Å². The van der Waals surface area contributed by atoms with E-state index in [1.165, 1.54) is 16.8 Å². The molecule has 3 heterocycles. The van der Waals surface area contributed by atoms with Crippen LogP contribution in [0.4, 0.5) is 5.69 Å². The molecule has 1 unspecified atom stereocenters. The number of aromatic nitrogens is 3. The van der Waals surface area contributed by atoms with E-state index in [4.69, 9.17) is 0 Å². The highest BCUT2D eigenvalue weighted by atomic mass is 15.0. The van der Waals surface area contributed by atoms with Gasteiger partial charge in [-0.2, -0.15) is 0 Å². The van der Waals surface area contributed by atoms with E-state index >= 15 is 0 Å². The molecule has 0 fully saturated rings. The summed E-state index contributed by atoms with van der Waals surface area (Å²) in [6.45, 7) is 3.06. The van der Waals surface area contributed by atoms with Gasteiger partial charge in [0.1, 0.15) is 5.82 Å². The topological polar surface area (TPSA) is 53.6 Å². The van der Waals surface area contributed by atoms with Crippen LogP contribution in [0.1, 0.15) is 22.9 Å². The number of hydrogen-bond acceptors (Lipinski definition) is 3. The number of fused-ring (bicyclic) bond motifs is 2. The Morgan fingerprint density at radius 3 is 3.05 bits per heavy atom. The lowest BCUT2D eigenvalue weighted by Crippen LogP contribution is -2.06. The van der Waals surface area contributed by atoms with E-state index in [1.54, 1.807) is 0 Å². The van der Waals surface area contributed by atoms with Crippen molar-refractivity contribution in [2.45, 2.75) is 19.3 Å². The fourth-order valence-corrected chi connectivity index (χ4v) is 2.95. The number of aryl methyl sites for hydroxylation is 1. The first-order valence-corrected chi connectivity index (χ1v) is 6.94. The Kier molecular flexibility index (Phi) is 2.49. The zero-order valence-corrected chi connectivity index (χ0v) is 11.4. The molecule has 4 heteroatoms. The van der Waals surface area contributed by atoms with Crippen molar-refractivity contribution in [2.24, 2.45) is 0 Å². The zero-order chi connectivity index (χ0) is 13.5. The van der Waals surface area contributed by atoms with E-state index in [1.807, 2.05) is 12.3 Å². The van der Waals surface area contributed by atoms with E-state index in [0.717, 1.165) is 30.0 Å². The lowest BCUT2D eigenvalue weighted by Gasteiger charge is -2.07. The Morgan fingerprint density at radius 2 is 2.15 bits per heavy atom. The number of H-pyrrole nitrogens is 1. The molecular formula is C16H16N4. The van der Waals surface area contributed by atoms with E-state index in [9.17, 15) is 0 Å². The van der Waals surface area contributed by atoms with Crippen LogP contribution in [0.25, 0.3) is 11.2 Å². The molecule has 1 aromatic carbocycles. The maximum absolute atomic E-state index is 4.62. The summed E-state index contributed by atoms with van der Waals surface area (Å²) in [5, 5.41) is 3.46. The fourth-order valence-electron chi connectivity index (χ4n) is 2.95. The second kappa shape index (κ2) is 4.34. The number of imidazole rings is 1. The standard InChI is InChI=1S/C16H16N4/c1-10-6-7-17-16-15(10)19-14(20-16)8-11-9-18-13-5-3-2-4-12(11)13/h2-7,11,18H,8-9H2,1H3,(H,17,19,20). The van der Waals surface area contributed by atoms with Crippen LogP contribution < -0.4 is 5.32 Å². The number of pyridine rings is 1. The molecule has 1 aliphatic rings.